The van der Waals surface area contributed by atoms with Gasteiger partial charge in [0.25, 0.3) is 0 Å². The molecule has 330 valence electrons. The average molecular weight is 1120 g/mol. The van der Waals surface area contributed by atoms with Crippen LogP contribution in [0.15, 0.2) is 199 Å². The van der Waals surface area contributed by atoms with Crippen molar-refractivity contribution < 1.29 is 20.1 Å². The summed E-state index contributed by atoms with van der Waals surface area (Å²) in [6.45, 7) is 11.0. The molecule has 10 aromatic rings. The Kier molecular flexibility index (Phi) is 13.4. The van der Waals surface area contributed by atoms with E-state index in [1.807, 2.05) is 55.0 Å². The van der Waals surface area contributed by atoms with Crippen molar-refractivity contribution >= 4 is 15.9 Å². The van der Waals surface area contributed by atoms with Crippen molar-refractivity contribution in [3.8, 4) is 101 Å². The molecule has 0 aliphatic heterocycles. The van der Waals surface area contributed by atoms with Crippen LogP contribution in [-0.2, 0) is 25.5 Å². The summed E-state index contributed by atoms with van der Waals surface area (Å²) in [4.78, 5) is 14.0. The van der Waals surface area contributed by atoms with Gasteiger partial charge in [-0.25, -0.2) is 0 Å². The number of hydrogen-bond acceptors (Lipinski definition) is 3. The van der Waals surface area contributed by atoms with E-state index >= 15 is 0 Å². The molecule has 0 spiro atoms. The number of aromatic nitrogens is 3. The molecule has 10 rings (SSSR count). The van der Waals surface area contributed by atoms with Crippen molar-refractivity contribution in [2.24, 2.45) is 0 Å². The zero-order valence-electron chi connectivity index (χ0n) is 38.5. The minimum atomic E-state index is 0. The maximum Gasteiger partial charge on any atom is 3.00 e. The minimum Gasteiger partial charge on any atom is -0.305 e. The van der Waals surface area contributed by atoms with Crippen molar-refractivity contribution in [1.29, 1.82) is 0 Å². The van der Waals surface area contributed by atoms with E-state index in [2.05, 4.69) is 218 Å². The van der Waals surface area contributed by atoms with Gasteiger partial charge in [-0.3, -0.25) is 0 Å². The van der Waals surface area contributed by atoms with Crippen LogP contribution in [0, 0.1) is 32.0 Å². The maximum atomic E-state index is 4.75. The number of hydrogen-bond donors (Lipinski definition) is 0. The molecule has 3 nitrogen and oxygen atoms in total. The SMILES string of the molecule is Cc1cc(-c2ccccn2)[c-]cc1-c1ccccc1-c1cc(-c2ccccc2-c2c[c-]c(-c3ccccn3)cc2C)cc(-c2ccccc2-c2c[c-]c(-c3cc(C(C)(C)C)ccn3)cc2Br)c1.[Ir+3]. The van der Waals surface area contributed by atoms with Crippen LogP contribution in [0.4, 0.5) is 0 Å². The predicted molar refractivity (Wildman–Crippen MR) is 281 cm³/mol. The van der Waals surface area contributed by atoms with Gasteiger partial charge in [0, 0.05) is 18.6 Å². The molecule has 3 heterocycles. The zero-order chi connectivity index (χ0) is 46.1. The molecule has 3 aromatic heterocycles. The van der Waals surface area contributed by atoms with Crippen LogP contribution in [0.3, 0.4) is 0 Å². The van der Waals surface area contributed by atoms with Crippen molar-refractivity contribution in [2.75, 3.05) is 0 Å². The molecule has 7 aromatic carbocycles. The second-order valence-corrected chi connectivity index (χ2v) is 18.9. The van der Waals surface area contributed by atoms with Crippen LogP contribution in [0.5, 0.6) is 0 Å². The van der Waals surface area contributed by atoms with Gasteiger partial charge in [0.2, 0.25) is 0 Å². The Labute approximate surface area is 422 Å². The fraction of sp³-hybridized carbons (Fsp3) is 0.0952. The first-order chi connectivity index (χ1) is 32.6. The summed E-state index contributed by atoms with van der Waals surface area (Å²) < 4.78 is 0.977. The molecule has 5 heteroatoms. The van der Waals surface area contributed by atoms with Crippen molar-refractivity contribution in [3.63, 3.8) is 0 Å². The normalized spacial score (nSPS) is 11.3. The topological polar surface area (TPSA) is 38.7 Å². The van der Waals surface area contributed by atoms with Gasteiger partial charge in [0.15, 0.2) is 0 Å². The third-order valence-corrected chi connectivity index (χ3v) is 13.2. The van der Waals surface area contributed by atoms with E-state index in [4.69, 9.17) is 4.98 Å². The summed E-state index contributed by atoms with van der Waals surface area (Å²) in [5.41, 5.74) is 22.6. The first-order valence-electron chi connectivity index (χ1n) is 22.6. The van der Waals surface area contributed by atoms with Gasteiger partial charge in [0.1, 0.15) is 0 Å². The van der Waals surface area contributed by atoms with E-state index in [0.717, 1.165) is 116 Å². The number of aryl methyl sites for hydroxylation is 2. The maximum absolute atomic E-state index is 4.75. The number of benzene rings is 7. The Morgan fingerprint density at radius 1 is 0.382 bits per heavy atom. The van der Waals surface area contributed by atoms with E-state index in [1.54, 1.807) is 0 Å². The molecule has 0 bridgehead atoms. The van der Waals surface area contributed by atoms with E-state index in [-0.39, 0.29) is 25.5 Å². The largest absolute Gasteiger partial charge is 3.00 e. The summed E-state index contributed by atoms with van der Waals surface area (Å²) in [6, 6.07) is 73.0. The molecular formula is C63H47BrIrN3. The molecule has 68 heavy (non-hydrogen) atoms. The van der Waals surface area contributed by atoms with Gasteiger partial charge in [0.05, 0.1) is 0 Å². The fourth-order valence-electron chi connectivity index (χ4n) is 8.99. The Morgan fingerprint density at radius 2 is 0.765 bits per heavy atom. The van der Waals surface area contributed by atoms with Crippen LogP contribution in [0.1, 0.15) is 37.5 Å². The van der Waals surface area contributed by atoms with Gasteiger partial charge < -0.3 is 15.0 Å². The molecule has 0 atom stereocenters. The third-order valence-electron chi connectivity index (χ3n) is 12.5. The monoisotopic (exact) mass is 1120 g/mol. The quantitative estimate of drug-likeness (QED) is 0.135. The predicted octanol–water partition coefficient (Wildman–Crippen LogP) is 16.9. The van der Waals surface area contributed by atoms with Crippen LogP contribution >= 0.6 is 15.9 Å². The van der Waals surface area contributed by atoms with E-state index in [9.17, 15) is 0 Å². The van der Waals surface area contributed by atoms with Crippen LogP contribution in [0.25, 0.3) is 101 Å². The van der Waals surface area contributed by atoms with Crippen molar-refractivity contribution in [3.05, 3.63) is 234 Å². The van der Waals surface area contributed by atoms with Crippen molar-refractivity contribution in [2.45, 2.75) is 40.0 Å². The Hall–Kier alpha value is -6.88. The molecule has 0 fully saturated rings. The van der Waals surface area contributed by atoms with Crippen LogP contribution in [0.2, 0.25) is 0 Å². The molecule has 0 saturated carbocycles. The van der Waals surface area contributed by atoms with Crippen molar-refractivity contribution in [1.82, 2.24) is 15.0 Å². The number of rotatable bonds is 9. The third kappa shape index (κ3) is 9.48. The zero-order valence-corrected chi connectivity index (χ0v) is 42.5. The van der Waals surface area contributed by atoms with Gasteiger partial charge in [-0.1, -0.05) is 192 Å². The van der Waals surface area contributed by atoms with E-state index in [1.165, 1.54) is 5.56 Å². The summed E-state index contributed by atoms with van der Waals surface area (Å²) in [6.07, 6.45) is 5.56. The summed E-state index contributed by atoms with van der Waals surface area (Å²) >= 11 is 4.01. The molecule has 0 aliphatic rings. The molecule has 0 aliphatic carbocycles. The summed E-state index contributed by atoms with van der Waals surface area (Å²) in [7, 11) is 0. The average Bonchev–Trinajstić information content (AvgIpc) is 3.36. The van der Waals surface area contributed by atoms with E-state index in [0.29, 0.717) is 0 Å². The van der Waals surface area contributed by atoms with Gasteiger partial charge >= 0.3 is 20.1 Å². The molecule has 0 unspecified atom stereocenters. The number of halogens is 1. The first kappa shape index (κ1) is 46.2. The molecular weight excluding hydrogens is 1070 g/mol. The second-order valence-electron chi connectivity index (χ2n) is 18.0. The summed E-state index contributed by atoms with van der Waals surface area (Å²) in [5, 5.41) is 0. The van der Waals surface area contributed by atoms with Gasteiger partial charge in [-0.2, -0.15) is 0 Å². The van der Waals surface area contributed by atoms with Crippen LogP contribution < -0.4 is 0 Å². The first-order valence-corrected chi connectivity index (χ1v) is 23.4. The molecule has 0 radical (unpaired) electrons. The smallest absolute Gasteiger partial charge is 0.305 e. The van der Waals surface area contributed by atoms with Gasteiger partial charge in [-0.15, -0.1) is 82.4 Å². The van der Waals surface area contributed by atoms with E-state index < -0.39 is 0 Å². The Balaban J connectivity index is 0.00000578. The van der Waals surface area contributed by atoms with Gasteiger partial charge in [-0.05, 0) is 97.8 Å². The Morgan fingerprint density at radius 3 is 1.16 bits per heavy atom. The fourth-order valence-corrected chi connectivity index (χ4v) is 9.54. The number of nitrogens with zero attached hydrogens (tertiary/aromatic N) is 3. The summed E-state index contributed by atoms with van der Waals surface area (Å²) in [5.74, 6) is 0. The van der Waals surface area contributed by atoms with Crippen LogP contribution in [-0.4, -0.2) is 15.0 Å². The number of pyridine rings is 3. The second kappa shape index (κ2) is 19.8. The minimum absolute atomic E-state index is 0. The molecule has 0 amide bonds. The molecule has 0 saturated heterocycles. The standard InChI is InChI=1S/C63H47BrN3.Ir/c1-41-34-43(60-22-12-14-31-65-60)24-27-50(41)55-19-9-6-16-52(55)46-36-47(53-17-7-10-20-56(53)51-28-25-44(35-42(51)2)61-23-13-15-32-66-61)38-48(37-46)54-18-8-11-21-57(54)58-29-26-45(39-59(58)64)62-40-49(30-33-67-62)63(3,4)5;/h6-23,27-40H,1-5H3;/q-3;+3. The molecule has 0 N–H and O–H groups in total. The Bertz CT molecular complexity index is 3280.